The molecule has 1 atom stereocenters. The number of hydrogen-bond donors (Lipinski definition) is 2. The minimum absolute atomic E-state index is 0.0777. The van der Waals surface area contributed by atoms with E-state index in [1.807, 2.05) is 25.1 Å². The van der Waals surface area contributed by atoms with Gasteiger partial charge in [-0.05, 0) is 55.5 Å². The number of methoxy groups -OCH3 is 1. The maximum Gasteiger partial charge on any atom is 0.319 e. The van der Waals surface area contributed by atoms with E-state index < -0.39 is 0 Å². The molecular weight excluding hydrogens is 338 g/mol. The fourth-order valence-electron chi connectivity index (χ4n) is 3.39. The standard InChI is InChI=1S/C22H29N3O2/c1-16-11-13-25(14-12-16)20-9-7-18(8-10-20)17(2)23-22(26)24-19-5-4-6-21(15-19)27-3/h4-10,15-17H,11-14H2,1-3H3,(H2,23,24,26)/t17-/m0/s1. The third kappa shape index (κ3) is 5.16. The Labute approximate surface area is 161 Å². The van der Waals surface area contributed by atoms with Crippen molar-refractivity contribution < 1.29 is 9.53 Å². The minimum atomic E-state index is -0.232. The molecule has 2 N–H and O–H groups in total. The smallest absolute Gasteiger partial charge is 0.319 e. The van der Waals surface area contributed by atoms with Crippen LogP contribution in [0.25, 0.3) is 0 Å². The third-order valence-electron chi connectivity index (χ3n) is 5.22. The van der Waals surface area contributed by atoms with Crippen molar-refractivity contribution in [3.8, 4) is 5.75 Å². The van der Waals surface area contributed by atoms with Crippen molar-refractivity contribution in [1.29, 1.82) is 0 Å². The average Bonchev–Trinajstić information content (AvgIpc) is 2.68. The second kappa shape index (κ2) is 8.80. The zero-order valence-electron chi connectivity index (χ0n) is 16.4. The molecule has 1 heterocycles. The number of urea groups is 1. The molecule has 2 amide bonds. The Kier molecular flexibility index (Phi) is 6.22. The van der Waals surface area contributed by atoms with Crippen LogP contribution in [0, 0.1) is 5.92 Å². The molecule has 5 nitrogen and oxygen atoms in total. The number of hydrogen-bond acceptors (Lipinski definition) is 3. The van der Waals surface area contributed by atoms with Crippen LogP contribution in [0.2, 0.25) is 0 Å². The largest absolute Gasteiger partial charge is 0.497 e. The van der Waals surface area contributed by atoms with Gasteiger partial charge in [0.1, 0.15) is 5.75 Å². The number of carbonyl (C=O) groups excluding carboxylic acids is 1. The van der Waals surface area contributed by atoms with E-state index >= 15 is 0 Å². The molecule has 0 aliphatic carbocycles. The molecule has 2 aromatic carbocycles. The lowest BCUT2D eigenvalue weighted by Gasteiger charge is -2.32. The van der Waals surface area contributed by atoms with Crippen molar-refractivity contribution in [3.05, 3.63) is 54.1 Å². The number of piperidine rings is 1. The van der Waals surface area contributed by atoms with Gasteiger partial charge in [-0.25, -0.2) is 4.79 Å². The van der Waals surface area contributed by atoms with Gasteiger partial charge in [0.25, 0.3) is 0 Å². The normalized spacial score (nSPS) is 15.9. The molecular formula is C22H29N3O2. The highest BCUT2D eigenvalue weighted by atomic mass is 16.5. The maximum absolute atomic E-state index is 12.3. The third-order valence-corrected chi connectivity index (χ3v) is 5.22. The Hall–Kier alpha value is -2.69. The molecule has 1 aliphatic heterocycles. The number of benzene rings is 2. The molecule has 0 unspecified atom stereocenters. The van der Waals surface area contributed by atoms with E-state index in [0.29, 0.717) is 11.4 Å². The number of amides is 2. The Morgan fingerprint density at radius 2 is 1.85 bits per heavy atom. The second-order valence-corrected chi connectivity index (χ2v) is 7.31. The van der Waals surface area contributed by atoms with Crippen molar-refractivity contribution in [3.63, 3.8) is 0 Å². The minimum Gasteiger partial charge on any atom is -0.497 e. The van der Waals surface area contributed by atoms with Crippen molar-refractivity contribution in [2.45, 2.75) is 32.7 Å². The zero-order chi connectivity index (χ0) is 19.2. The van der Waals surface area contributed by atoms with Crippen LogP contribution in [-0.2, 0) is 0 Å². The lowest BCUT2D eigenvalue weighted by Crippen LogP contribution is -2.33. The van der Waals surface area contributed by atoms with E-state index in [9.17, 15) is 4.79 Å². The van der Waals surface area contributed by atoms with E-state index in [-0.39, 0.29) is 12.1 Å². The number of rotatable bonds is 5. The van der Waals surface area contributed by atoms with Crippen LogP contribution in [0.1, 0.15) is 38.3 Å². The van der Waals surface area contributed by atoms with E-state index in [0.717, 1.165) is 24.6 Å². The van der Waals surface area contributed by atoms with Gasteiger partial charge in [0.15, 0.2) is 0 Å². The monoisotopic (exact) mass is 367 g/mol. The molecule has 0 radical (unpaired) electrons. The van der Waals surface area contributed by atoms with Crippen LogP contribution in [0.15, 0.2) is 48.5 Å². The van der Waals surface area contributed by atoms with Crippen molar-refractivity contribution >= 4 is 17.4 Å². The van der Waals surface area contributed by atoms with Gasteiger partial charge < -0.3 is 20.3 Å². The first kappa shape index (κ1) is 19.1. The van der Waals surface area contributed by atoms with Gasteiger partial charge in [-0.1, -0.05) is 25.1 Å². The van der Waals surface area contributed by atoms with Crippen LogP contribution < -0.4 is 20.3 Å². The summed E-state index contributed by atoms with van der Waals surface area (Å²) >= 11 is 0. The first-order chi connectivity index (χ1) is 13.0. The Morgan fingerprint density at radius 1 is 1.15 bits per heavy atom. The van der Waals surface area contributed by atoms with Crippen LogP contribution in [0.4, 0.5) is 16.2 Å². The highest BCUT2D eigenvalue weighted by Crippen LogP contribution is 2.24. The second-order valence-electron chi connectivity index (χ2n) is 7.31. The molecule has 0 spiro atoms. The van der Waals surface area contributed by atoms with E-state index in [2.05, 4.69) is 46.7 Å². The summed E-state index contributed by atoms with van der Waals surface area (Å²) < 4.78 is 5.18. The highest BCUT2D eigenvalue weighted by Gasteiger charge is 2.16. The predicted octanol–water partition coefficient (Wildman–Crippen LogP) is 4.81. The first-order valence-corrected chi connectivity index (χ1v) is 9.61. The first-order valence-electron chi connectivity index (χ1n) is 9.61. The van der Waals surface area contributed by atoms with E-state index in [1.54, 1.807) is 13.2 Å². The van der Waals surface area contributed by atoms with Gasteiger partial charge in [0.05, 0.1) is 13.2 Å². The lowest BCUT2D eigenvalue weighted by molar-refractivity contribution is 0.249. The summed E-state index contributed by atoms with van der Waals surface area (Å²) in [5.74, 6) is 1.54. The number of anilines is 2. The fraction of sp³-hybridized carbons (Fsp3) is 0.409. The van der Waals surface area contributed by atoms with Crippen LogP contribution in [-0.4, -0.2) is 26.2 Å². The van der Waals surface area contributed by atoms with Gasteiger partial charge in [-0.15, -0.1) is 0 Å². The maximum atomic E-state index is 12.3. The van der Waals surface area contributed by atoms with E-state index in [4.69, 9.17) is 4.74 Å². The lowest BCUT2D eigenvalue weighted by atomic mass is 9.98. The Bertz CT molecular complexity index is 752. The number of nitrogens with one attached hydrogen (secondary N) is 2. The molecule has 144 valence electrons. The number of nitrogens with zero attached hydrogens (tertiary/aromatic N) is 1. The van der Waals surface area contributed by atoms with Gasteiger partial charge >= 0.3 is 6.03 Å². The average molecular weight is 367 g/mol. The van der Waals surface area contributed by atoms with Gasteiger partial charge in [0, 0.05) is 30.5 Å². The van der Waals surface area contributed by atoms with Crippen molar-refractivity contribution in [2.75, 3.05) is 30.4 Å². The molecule has 0 saturated carbocycles. The summed E-state index contributed by atoms with van der Waals surface area (Å²) in [4.78, 5) is 14.7. The molecule has 0 bridgehead atoms. The van der Waals surface area contributed by atoms with Crippen LogP contribution in [0.3, 0.4) is 0 Å². The summed E-state index contributed by atoms with van der Waals surface area (Å²) in [5, 5.41) is 5.83. The summed E-state index contributed by atoms with van der Waals surface area (Å²) in [6.07, 6.45) is 2.51. The molecule has 5 heteroatoms. The SMILES string of the molecule is COc1cccc(NC(=O)N[C@@H](C)c2ccc(N3CCC(C)CC3)cc2)c1. The highest BCUT2D eigenvalue weighted by molar-refractivity contribution is 5.89. The molecule has 0 aromatic heterocycles. The van der Waals surface area contributed by atoms with Crippen LogP contribution >= 0.6 is 0 Å². The van der Waals surface area contributed by atoms with E-state index in [1.165, 1.54) is 18.5 Å². The summed E-state index contributed by atoms with van der Waals surface area (Å²) in [6.45, 7) is 6.56. The molecule has 27 heavy (non-hydrogen) atoms. The molecule has 1 fully saturated rings. The number of carbonyl (C=O) groups is 1. The fourth-order valence-corrected chi connectivity index (χ4v) is 3.39. The Morgan fingerprint density at radius 3 is 2.52 bits per heavy atom. The molecule has 2 aromatic rings. The Balaban J connectivity index is 1.55. The van der Waals surface area contributed by atoms with Crippen molar-refractivity contribution in [2.24, 2.45) is 5.92 Å². The summed E-state index contributed by atoms with van der Waals surface area (Å²) in [5.41, 5.74) is 3.05. The van der Waals surface area contributed by atoms with Gasteiger partial charge in [-0.2, -0.15) is 0 Å². The zero-order valence-corrected chi connectivity index (χ0v) is 16.4. The quantitative estimate of drug-likeness (QED) is 0.797. The van der Waals surface area contributed by atoms with Crippen molar-refractivity contribution in [1.82, 2.24) is 5.32 Å². The molecule has 1 aliphatic rings. The summed E-state index contributed by atoms with van der Waals surface area (Å²) in [7, 11) is 1.61. The topological polar surface area (TPSA) is 53.6 Å². The van der Waals surface area contributed by atoms with Gasteiger partial charge in [0.2, 0.25) is 0 Å². The summed E-state index contributed by atoms with van der Waals surface area (Å²) in [6, 6.07) is 15.5. The molecule has 3 rings (SSSR count). The molecule has 1 saturated heterocycles. The number of ether oxygens (including phenoxy) is 1. The van der Waals surface area contributed by atoms with Gasteiger partial charge in [-0.3, -0.25) is 0 Å². The van der Waals surface area contributed by atoms with Crippen LogP contribution in [0.5, 0.6) is 5.75 Å². The predicted molar refractivity (Wildman–Crippen MR) is 111 cm³/mol.